The fourth-order valence-electron chi connectivity index (χ4n) is 3.23. The van der Waals surface area contributed by atoms with Crippen molar-refractivity contribution in [2.75, 3.05) is 18.9 Å². The summed E-state index contributed by atoms with van der Waals surface area (Å²) in [4.78, 5) is 14.6. The van der Waals surface area contributed by atoms with Gasteiger partial charge in [0.2, 0.25) is 0 Å². The minimum absolute atomic E-state index is 0.0657. The lowest BCUT2D eigenvalue weighted by atomic mass is 9.89. The average Bonchev–Trinajstić information content (AvgIpc) is 2.48. The number of aromatic hydroxyl groups is 1. The van der Waals surface area contributed by atoms with Crippen LogP contribution in [-0.4, -0.2) is 41.2 Å². The highest BCUT2D eigenvalue weighted by molar-refractivity contribution is 5.99. The minimum atomic E-state index is -0.0985. The van der Waals surface area contributed by atoms with Crippen molar-refractivity contribution in [2.24, 2.45) is 0 Å². The molecule has 2 unspecified atom stereocenters. The number of ether oxygens (including phenoxy) is 1. The molecule has 3 rings (SSSR count). The molecule has 0 radical (unpaired) electrons. The van der Waals surface area contributed by atoms with Crippen molar-refractivity contribution in [3.05, 3.63) is 23.8 Å². The van der Waals surface area contributed by atoms with Crippen molar-refractivity contribution >= 4 is 11.6 Å². The van der Waals surface area contributed by atoms with E-state index in [1.165, 1.54) is 12.1 Å². The number of hydrogen-bond acceptors (Lipinski definition) is 4. The normalized spacial score (nSPS) is 26.1. The number of benzene rings is 1. The number of nitrogens with zero attached hydrogens (tertiary/aromatic N) is 1. The highest BCUT2D eigenvalue weighted by Crippen LogP contribution is 2.30. The van der Waals surface area contributed by atoms with Gasteiger partial charge in [-0.1, -0.05) is 12.8 Å². The molecule has 1 amide bonds. The maximum absolute atomic E-state index is 12.7. The maximum Gasteiger partial charge on any atom is 0.256 e. The Morgan fingerprint density at radius 3 is 3.00 bits per heavy atom. The Balaban J connectivity index is 1.87. The number of rotatable bonds is 1. The topological polar surface area (TPSA) is 75.8 Å². The minimum Gasteiger partial charge on any atom is -0.508 e. The van der Waals surface area contributed by atoms with Gasteiger partial charge in [-0.2, -0.15) is 0 Å². The van der Waals surface area contributed by atoms with Crippen LogP contribution in [0.15, 0.2) is 18.2 Å². The highest BCUT2D eigenvalue weighted by atomic mass is 16.5. The SMILES string of the molecule is Nc1ccc(O)cc1C(=O)N1CCOC2CCCCC21. The number of phenols is 1. The largest absolute Gasteiger partial charge is 0.508 e. The molecule has 20 heavy (non-hydrogen) atoms. The molecule has 0 bridgehead atoms. The number of anilines is 1. The van der Waals surface area contributed by atoms with Gasteiger partial charge >= 0.3 is 0 Å². The van der Waals surface area contributed by atoms with Crippen LogP contribution in [0.1, 0.15) is 36.0 Å². The number of carbonyl (C=O) groups is 1. The summed E-state index contributed by atoms with van der Waals surface area (Å²) in [6, 6.07) is 4.66. The van der Waals surface area contributed by atoms with Gasteiger partial charge in [0.05, 0.1) is 24.3 Å². The molecule has 1 heterocycles. The number of hydrogen-bond donors (Lipinski definition) is 2. The summed E-state index contributed by atoms with van der Waals surface area (Å²) in [5.74, 6) is -0.0328. The summed E-state index contributed by atoms with van der Waals surface area (Å²) in [6.45, 7) is 1.17. The van der Waals surface area contributed by atoms with Gasteiger partial charge in [0, 0.05) is 12.2 Å². The molecule has 3 N–H and O–H groups in total. The van der Waals surface area contributed by atoms with Gasteiger partial charge in [0.25, 0.3) is 5.91 Å². The van der Waals surface area contributed by atoms with E-state index in [9.17, 15) is 9.90 Å². The van der Waals surface area contributed by atoms with Crippen molar-refractivity contribution in [3.8, 4) is 5.75 Å². The molecule has 2 atom stereocenters. The molecule has 1 aromatic carbocycles. The van der Waals surface area contributed by atoms with E-state index in [1.54, 1.807) is 6.07 Å². The van der Waals surface area contributed by atoms with Gasteiger partial charge in [-0.25, -0.2) is 0 Å². The fraction of sp³-hybridized carbons (Fsp3) is 0.533. The summed E-state index contributed by atoms with van der Waals surface area (Å²) in [7, 11) is 0. The fourth-order valence-corrected chi connectivity index (χ4v) is 3.23. The molecule has 2 fully saturated rings. The van der Waals surface area contributed by atoms with E-state index < -0.39 is 0 Å². The molecular formula is C15H20N2O3. The summed E-state index contributed by atoms with van der Waals surface area (Å²) in [5.41, 5.74) is 6.67. The Kier molecular flexibility index (Phi) is 3.53. The van der Waals surface area contributed by atoms with Crippen LogP contribution in [0, 0.1) is 0 Å². The number of carbonyl (C=O) groups excluding carboxylic acids is 1. The third kappa shape index (κ3) is 2.33. The quantitative estimate of drug-likeness (QED) is 0.605. The van der Waals surface area contributed by atoms with Crippen molar-refractivity contribution in [1.82, 2.24) is 4.90 Å². The second kappa shape index (κ2) is 5.32. The van der Waals surface area contributed by atoms with Crippen molar-refractivity contribution in [1.29, 1.82) is 0 Å². The third-order valence-corrected chi connectivity index (χ3v) is 4.26. The molecule has 1 saturated heterocycles. The van der Waals surface area contributed by atoms with Gasteiger partial charge < -0.3 is 20.5 Å². The Morgan fingerprint density at radius 1 is 1.35 bits per heavy atom. The molecule has 1 aliphatic heterocycles. The zero-order valence-corrected chi connectivity index (χ0v) is 11.4. The smallest absolute Gasteiger partial charge is 0.256 e. The van der Waals surface area contributed by atoms with Crippen molar-refractivity contribution in [3.63, 3.8) is 0 Å². The molecule has 5 nitrogen and oxygen atoms in total. The van der Waals surface area contributed by atoms with Crippen LogP contribution in [0.3, 0.4) is 0 Å². The number of nitrogen functional groups attached to an aromatic ring is 1. The van der Waals surface area contributed by atoms with Crippen LogP contribution in [0.4, 0.5) is 5.69 Å². The summed E-state index contributed by atoms with van der Waals surface area (Å²) >= 11 is 0. The highest BCUT2D eigenvalue weighted by Gasteiger charge is 2.37. The molecule has 0 spiro atoms. The molecule has 2 aliphatic rings. The van der Waals surface area contributed by atoms with Gasteiger partial charge in [0.1, 0.15) is 5.75 Å². The zero-order valence-electron chi connectivity index (χ0n) is 11.4. The van der Waals surface area contributed by atoms with Crippen LogP contribution >= 0.6 is 0 Å². The number of morpholine rings is 1. The third-order valence-electron chi connectivity index (χ3n) is 4.26. The lowest BCUT2D eigenvalue weighted by molar-refractivity contribution is -0.0752. The molecule has 1 saturated carbocycles. The molecule has 0 aromatic heterocycles. The molecule has 1 aromatic rings. The average molecular weight is 276 g/mol. The predicted octanol–water partition coefficient (Wildman–Crippen LogP) is 1.76. The van der Waals surface area contributed by atoms with E-state index in [1.807, 2.05) is 4.90 Å². The molecule has 5 heteroatoms. The first-order valence-corrected chi connectivity index (χ1v) is 7.18. The second-order valence-corrected chi connectivity index (χ2v) is 5.53. The number of fused-ring (bicyclic) bond motifs is 1. The second-order valence-electron chi connectivity index (χ2n) is 5.53. The van der Waals surface area contributed by atoms with Crippen LogP contribution < -0.4 is 5.73 Å². The summed E-state index contributed by atoms with van der Waals surface area (Å²) < 4.78 is 5.78. The number of phenolic OH excluding ortho intramolecular Hbond substituents is 1. The van der Waals surface area contributed by atoms with Crippen LogP contribution in [0.2, 0.25) is 0 Å². The van der Waals surface area contributed by atoms with E-state index in [0.29, 0.717) is 24.4 Å². The van der Waals surface area contributed by atoms with Gasteiger partial charge in [-0.3, -0.25) is 4.79 Å². The number of nitrogens with two attached hydrogens (primary N) is 1. The standard InChI is InChI=1S/C15H20N2O3/c16-12-6-5-10(18)9-11(12)15(19)17-7-8-20-14-4-2-1-3-13(14)17/h5-6,9,13-14,18H,1-4,7-8,16H2. The lowest BCUT2D eigenvalue weighted by Gasteiger charge is -2.43. The Bertz CT molecular complexity index is 516. The van der Waals surface area contributed by atoms with Crippen molar-refractivity contribution < 1.29 is 14.6 Å². The maximum atomic E-state index is 12.7. The van der Waals surface area contributed by atoms with Gasteiger partial charge in [0.15, 0.2) is 0 Å². The zero-order chi connectivity index (χ0) is 14.1. The monoisotopic (exact) mass is 276 g/mol. The Morgan fingerprint density at radius 2 is 2.15 bits per heavy atom. The Labute approximate surface area is 118 Å². The van der Waals surface area contributed by atoms with E-state index in [0.717, 1.165) is 25.7 Å². The van der Waals surface area contributed by atoms with Crippen LogP contribution in [0.25, 0.3) is 0 Å². The van der Waals surface area contributed by atoms with Gasteiger partial charge in [-0.15, -0.1) is 0 Å². The van der Waals surface area contributed by atoms with Crippen LogP contribution in [0.5, 0.6) is 5.75 Å². The molecule has 108 valence electrons. The molecule has 1 aliphatic carbocycles. The van der Waals surface area contributed by atoms with Crippen molar-refractivity contribution in [2.45, 2.75) is 37.8 Å². The molecular weight excluding hydrogens is 256 g/mol. The van der Waals surface area contributed by atoms with E-state index in [2.05, 4.69) is 0 Å². The van der Waals surface area contributed by atoms with E-state index in [-0.39, 0.29) is 23.8 Å². The first-order chi connectivity index (χ1) is 9.66. The number of amides is 1. The first-order valence-electron chi connectivity index (χ1n) is 7.18. The summed E-state index contributed by atoms with van der Waals surface area (Å²) in [6.07, 6.45) is 4.44. The predicted molar refractivity (Wildman–Crippen MR) is 75.6 cm³/mol. The van der Waals surface area contributed by atoms with Gasteiger partial charge in [-0.05, 0) is 31.0 Å². The van der Waals surface area contributed by atoms with E-state index in [4.69, 9.17) is 10.5 Å². The first kappa shape index (κ1) is 13.2. The van der Waals surface area contributed by atoms with E-state index >= 15 is 0 Å². The Hall–Kier alpha value is -1.75. The van der Waals surface area contributed by atoms with Crippen LogP contribution in [-0.2, 0) is 4.74 Å². The summed E-state index contributed by atoms with van der Waals surface area (Å²) in [5, 5.41) is 9.57. The lowest BCUT2D eigenvalue weighted by Crippen LogP contribution is -2.54.